The summed E-state index contributed by atoms with van der Waals surface area (Å²) in [4.78, 5) is 26.3. The molecule has 2 saturated heterocycles. The first-order valence-corrected chi connectivity index (χ1v) is 10.8. The summed E-state index contributed by atoms with van der Waals surface area (Å²) < 4.78 is 0. The molecule has 0 saturated carbocycles. The number of anilines is 1. The highest BCUT2D eigenvalue weighted by atomic mass is 16.2. The molecule has 1 aromatic heterocycles. The summed E-state index contributed by atoms with van der Waals surface area (Å²) in [6.45, 7) is 6.33. The highest BCUT2D eigenvalue weighted by Gasteiger charge is 2.40. The van der Waals surface area contributed by atoms with Gasteiger partial charge in [0.15, 0.2) is 0 Å². The summed E-state index contributed by atoms with van der Waals surface area (Å²) in [5.74, 6) is 1.79. The third-order valence-electron chi connectivity index (χ3n) is 6.68. The molecule has 3 heterocycles. The normalized spacial score (nSPS) is 28.5. The van der Waals surface area contributed by atoms with Crippen LogP contribution in [0.4, 0.5) is 5.95 Å². The largest absolute Gasteiger partial charge is 0.368 e. The Morgan fingerprint density at radius 2 is 2.07 bits per heavy atom. The van der Waals surface area contributed by atoms with E-state index in [4.69, 9.17) is 5.73 Å². The molecule has 0 bridgehead atoms. The maximum atomic E-state index is 12.8. The van der Waals surface area contributed by atoms with Gasteiger partial charge in [0.1, 0.15) is 0 Å². The van der Waals surface area contributed by atoms with E-state index in [0.29, 0.717) is 36.2 Å². The van der Waals surface area contributed by atoms with Crippen LogP contribution in [0.2, 0.25) is 0 Å². The topological polar surface area (TPSA) is 75.4 Å². The van der Waals surface area contributed by atoms with E-state index in [0.717, 1.165) is 57.6 Å². The van der Waals surface area contributed by atoms with Gasteiger partial charge >= 0.3 is 0 Å². The quantitative estimate of drug-likeness (QED) is 0.879. The predicted octanol–water partition coefficient (Wildman–Crippen LogP) is 2.28. The van der Waals surface area contributed by atoms with Gasteiger partial charge in [-0.3, -0.25) is 9.69 Å². The molecule has 27 heavy (non-hydrogen) atoms. The zero-order valence-corrected chi connectivity index (χ0v) is 16.6. The van der Waals surface area contributed by atoms with E-state index in [9.17, 15) is 4.79 Å². The summed E-state index contributed by atoms with van der Waals surface area (Å²) in [6.07, 6.45) is 10.5. The average Bonchev–Trinajstić information content (AvgIpc) is 2.67. The Balaban J connectivity index is 1.46. The molecule has 6 heteroatoms. The number of likely N-dealkylation sites (tertiary alicyclic amines) is 2. The summed E-state index contributed by atoms with van der Waals surface area (Å²) in [7, 11) is 0. The number of carbonyl (C=O) groups is 1. The summed E-state index contributed by atoms with van der Waals surface area (Å²) >= 11 is 0. The van der Waals surface area contributed by atoms with Gasteiger partial charge in [-0.2, -0.15) is 0 Å². The lowest BCUT2D eigenvalue weighted by Gasteiger charge is -2.47. The maximum Gasteiger partial charge on any atom is 0.222 e. The average molecular weight is 372 g/mol. The van der Waals surface area contributed by atoms with E-state index in [1.54, 1.807) is 0 Å². The molecule has 2 N–H and O–H groups in total. The van der Waals surface area contributed by atoms with Crippen molar-refractivity contribution in [2.45, 2.75) is 64.3 Å². The second kappa shape index (κ2) is 8.13. The van der Waals surface area contributed by atoms with Gasteiger partial charge in [0, 0.05) is 44.0 Å². The van der Waals surface area contributed by atoms with Gasteiger partial charge in [-0.15, -0.1) is 0 Å². The fourth-order valence-corrected chi connectivity index (χ4v) is 5.43. The van der Waals surface area contributed by atoms with E-state index >= 15 is 0 Å². The fraction of sp³-hybridized carbons (Fsp3) is 0.762. The number of rotatable bonds is 4. The number of piperidine rings is 2. The van der Waals surface area contributed by atoms with Crippen LogP contribution in [0.1, 0.15) is 56.7 Å². The number of carbonyl (C=O) groups excluding carboxylic acids is 1. The number of aromatic nitrogens is 2. The Bertz CT molecular complexity index is 673. The third kappa shape index (κ3) is 4.10. The molecule has 3 atom stereocenters. The second-order valence-electron chi connectivity index (χ2n) is 8.68. The van der Waals surface area contributed by atoms with Crippen LogP contribution in [0.3, 0.4) is 0 Å². The van der Waals surface area contributed by atoms with Crippen molar-refractivity contribution in [3.8, 4) is 0 Å². The van der Waals surface area contributed by atoms with Crippen molar-refractivity contribution in [2.24, 2.45) is 11.8 Å². The Kier molecular flexibility index (Phi) is 5.62. The van der Waals surface area contributed by atoms with E-state index < -0.39 is 0 Å². The number of amides is 1. The van der Waals surface area contributed by atoms with Gasteiger partial charge in [-0.05, 0) is 68.9 Å². The van der Waals surface area contributed by atoms with Crippen LogP contribution >= 0.6 is 0 Å². The Hall–Kier alpha value is -1.69. The standard InChI is InChI=1S/C21H33N5O/c1-2-6-26-14-15(10-20(27)25-7-4-3-5-8-25)9-16-11-18-17(12-19(16)26)13-23-21(22)24-18/h13,15-16,19H,2-12,14H2,1H3,(H2,22,23,24)/t15-,16-,19-/m1/s1. The number of fused-ring (bicyclic) bond motifs is 2. The van der Waals surface area contributed by atoms with Crippen molar-refractivity contribution in [1.29, 1.82) is 0 Å². The number of nitrogens with zero attached hydrogens (tertiary/aromatic N) is 4. The minimum Gasteiger partial charge on any atom is -0.368 e. The minimum atomic E-state index is 0.373. The SMILES string of the molecule is CCCN1C[C@@H](CC(=O)N2CCCCC2)C[C@@H]2Cc3nc(N)ncc3C[C@H]21. The molecule has 3 aliphatic rings. The molecule has 6 nitrogen and oxygen atoms in total. The van der Waals surface area contributed by atoms with Crippen LogP contribution in [0, 0.1) is 11.8 Å². The summed E-state index contributed by atoms with van der Waals surface area (Å²) in [5.41, 5.74) is 8.20. The zero-order valence-electron chi connectivity index (χ0n) is 16.6. The molecule has 0 spiro atoms. The van der Waals surface area contributed by atoms with Crippen LogP contribution in [0.25, 0.3) is 0 Å². The predicted molar refractivity (Wildman–Crippen MR) is 106 cm³/mol. The smallest absolute Gasteiger partial charge is 0.222 e. The van der Waals surface area contributed by atoms with E-state index in [2.05, 4.69) is 26.7 Å². The Labute approximate surface area is 162 Å². The molecular weight excluding hydrogens is 338 g/mol. The molecule has 2 fully saturated rings. The molecule has 1 aliphatic carbocycles. The van der Waals surface area contributed by atoms with Crippen LogP contribution in [-0.2, 0) is 17.6 Å². The van der Waals surface area contributed by atoms with Gasteiger partial charge in [0.05, 0.1) is 0 Å². The van der Waals surface area contributed by atoms with Gasteiger partial charge in [0.2, 0.25) is 11.9 Å². The summed E-state index contributed by atoms with van der Waals surface area (Å²) in [5, 5.41) is 0. The van der Waals surface area contributed by atoms with Crippen molar-refractivity contribution < 1.29 is 4.79 Å². The van der Waals surface area contributed by atoms with Crippen LogP contribution in [-0.4, -0.2) is 57.9 Å². The van der Waals surface area contributed by atoms with E-state index in [1.807, 2.05) is 6.20 Å². The first-order valence-electron chi connectivity index (χ1n) is 10.8. The monoisotopic (exact) mass is 371 g/mol. The summed E-state index contributed by atoms with van der Waals surface area (Å²) in [6, 6.07) is 0.561. The third-order valence-corrected chi connectivity index (χ3v) is 6.68. The van der Waals surface area contributed by atoms with Crippen molar-refractivity contribution >= 4 is 11.9 Å². The molecule has 0 unspecified atom stereocenters. The molecule has 4 rings (SSSR count). The molecule has 2 aliphatic heterocycles. The van der Waals surface area contributed by atoms with Crippen LogP contribution in [0.5, 0.6) is 0 Å². The Morgan fingerprint density at radius 3 is 2.85 bits per heavy atom. The van der Waals surface area contributed by atoms with Crippen LogP contribution in [0.15, 0.2) is 6.20 Å². The lowest BCUT2D eigenvalue weighted by molar-refractivity contribution is -0.134. The van der Waals surface area contributed by atoms with E-state index in [1.165, 1.54) is 24.8 Å². The molecule has 0 aromatic carbocycles. The number of nitrogens with two attached hydrogens (primary N) is 1. The first-order chi connectivity index (χ1) is 13.1. The van der Waals surface area contributed by atoms with Gasteiger partial charge in [-0.1, -0.05) is 6.92 Å². The van der Waals surface area contributed by atoms with Crippen molar-refractivity contribution in [3.05, 3.63) is 17.5 Å². The number of hydrogen-bond donors (Lipinski definition) is 1. The van der Waals surface area contributed by atoms with Crippen molar-refractivity contribution in [2.75, 3.05) is 31.9 Å². The fourth-order valence-electron chi connectivity index (χ4n) is 5.43. The van der Waals surface area contributed by atoms with Crippen LogP contribution < -0.4 is 5.73 Å². The lowest BCUT2D eigenvalue weighted by atomic mass is 9.73. The maximum absolute atomic E-state index is 12.8. The van der Waals surface area contributed by atoms with Gasteiger partial charge in [-0.25, -0.2) is 9.97 Å². The molecule has 148 valence electrons. The van der Waals surface area contributed by atoms with E-state index in [-0.39, 0.29) is 0 Å². The molecule has 0 radical (unpaired) electrons. The zero-order chi connectivity index (χ0) is 18.8. The van der Waals surface area contributed by atoms with Gasteiger partial charge < -0.3 is 10.6 Å². The first kappa shape index (κ1) is 18.7. The highest BCUT2D eigenvalue weighted by molar-refractivity contribution is 5.76. The second-order valence-corrected chi connectivity index (χ2v) is 8.68. The molecular formula is C21H33N5O. The number of hydrogen-bond acceptors (Lipinski definition) is 5. The number of nitrogen functional groups attached to an aromatic ring is 1. The Morgan fingerprint density at radius 1 is 1.26 bits per heavy atom. The van der Waals surface area contributed by atoms with Gasteiger partial charge in [0.25, 0.3) is 0 Å². The molecule has 1 amide bonds. The highest BCUT2D eigenvalue weighted by Crippen LogP contribution is 2.37. The lowest BCUT2D eigenvalue weighted by Crippen LogP contribution is -2.53. The van der Waals surface area contributed by atoms with Crippen molar-refractivity contribution in [3.63, 3.8) is 0 Å². The minimum absolute atomic E-state index is 0.373. The molecule has 1 aromatic rings. The van der Waals surface area contributed by atoms with Crippen molar-refractivity contribution in [1.82, 2.24) is 19.8 Å².